The fourth-order valence-electron chi connectivity index (χ4n) is 3.03. The maximum absolute atomic E-state index is 13.2. The second kappa shape index (κ2) is 4.81. The number of likely N-dealkylation sites (tertiary alicyclic amines) is 1. The smallest absolute Gasteiger partial charge is 0.305 e. The van der Waals surface area contributed by atoms with Gasteiger partial charge in [0.25, 0.3) is 0 Å². The first-order chi connectivity index (χ1) is 9.20. The maximum Gasteiger partial charge on any atom is 0.327 e. The third-order valence-corrected chi connectivity index (χ3v) is 3.96. The molecule has 1 fully saturated rings. The summed E-state index contributed by atoms with van der Waals surface area (Å²) in [5.41, 5.74) is 1.22. The summed E-state index contributed by atoms with van der Waals surface area (Å²) in [6.45, 7) is 4.05. The van der Waals surface area contributed by atoms with Gasteiger partial charge in [0, 0.05) is 6.54 Å². The molecule has 1 saturated heterocycles. The van der Waals surface area contributed by atoms with E-state index in [1.165, 1.54) is 18.6 Å². The average molecular weight is 263 g/mol. The van der Waals surface area contributed by atoms with Gasteiger partial charge in [0.05, 0.1) is 17.2 Å². The fourth-order valence-corrected chi connectivity index (χ4v) is 3.03. The van der Waals surface area contributed by atoms with Gasteiger partial charge in [-0.3, -0.25) is 9.47 Å². The van der Waals surface area contributed by atoms with Crippen molar-refractivity contribution in [3.63, 3.8) is 0 Å². The molecule has 1 N–H and O–H groups in total. The monoisotopic (exact) mass is 263 g/mol. The normalized spacial score (nSPS) is 21.1. The standard InChI is InChI=1S/C14H18FN3O/c1-2-17-8-4-3-5-13(17)18-12-7-6-10(15)9-11(12)16-14(18)19/h6-7,9,13H,2-5,8H2,1H3,(H,16,19). The van der Waals surface area contributed by atoms with Crippen LogP contribution in [0.3, 0.4) is 0 Å². The van der Waals surface area contributed by atoms with E-state index in [4.69, 9.17) is 0 Å². The third-order valence-electron chi connectivity index (χ3n) is 3.96. The third kappa shape index (κ3) is 2.08. The first-order valence-electron chi connectivity index (χ1n) is 6.84. The van der Waals surface area contributed by atoms with Crippen LogP contribution >= 0.6 is 0 Å². The molecule has 2 aromatic rings. The molecular formula is C14H18FN3O. The van der Waals surface area contributed by atoms with Crippen LogP contribution in [0.15, 0.2) is 23.0 Å². The predicted molar refractivity (Wildman–Crippen MR) is 72.7 cm³/mol. The number of imidazole rings is 1. The highest BCUT2D eigenvalue weighted by atomic mass is 19.1. The summed E-state index contributed by atoms with van der Waals surface area (Å²) in [5.74, 6) is -0.322. The Morgan fingerprint density at radius 1 is 1.42 bits per heavy atom. The van der Waals surface area contributed by atoms with Crippen molar-refractivity contribution in [1.82, 2.24) is 14.5 Å². The van der Waals surface area contributed by atoms with E-state index < -0.39 is 0 Å². The summed E-state index contributed by atoms with van der Waals surface area (Å²) in [6, 6.07) is 4.47. The number of H-pyrrole nitrogens is 1. The van der Waals surface area contributed by atoms with Crippen LogP contribution in [0.1, 0.15) is 32.4 Å². The molecule has 102 valence electrons. The number of benzene rings is 1. The number of piperidine rings is 1. The first kappa shape index (κ1) is 12.4. The van der Waals surface area contributed by atoms with Gasteiger partial charge in [-0.25, -0.2) is 9.18 Å². The van der Waals surface area contributed by atoms with Gasteiger partial charge in [-0.1, -0.05) is 6.92 Å². The first-order valence-corrected chi connectivity index (χ1v) is 6.84. The highest BCUT2D eigenvalue weighted by Crippen LogP contribution is 2.27. The lowest BCUT2D eigenvalue weighted by Crippen LogP contribution is -2.40. The van der Waals surface area contributed by atoms with E-state index in [2.05, 4.69) is 16.8 Å². The van der Waals surface area contributed by atoms with Gasteiger partial charge >= 0.3 is 5.69 Å². The number of aromatic amines is 1. The molecule has 4 nitrogen and oxygen atoms in total. The van der Waals surface area contributed by atoms with Crippen LogP contribution in [-0.4, -0.2) is 27.5 Å². The lowest BCUT2D eigenvalue weighted by Gasteiger charge is -2.35. The second-order valence-electron chi connectivity index (χ2n) is 5.07. The molecule has 1 aromatic carbocycles. The van der Waals surface area contributed by atoms with Gasteiger partial charge < -0.3 is 4.98 Å². The van der Waals surface area contributed by atoms with Crippen molar-refractivity contribution in [2.75, 3.05) is 13.1 Å². The minimum Gasteiger partial charge on any atom is -0.305 e. The number of hydrogen-bond acceptors (Lipinski definition) is 2. The topological polar surface area (TPSA) is 41.0 Å². The average Bonchev–Trinajstić information content (AvgIpc) is 2.73. The highest BCUT2D eigenvalue weighted by Gasteiger charge is 2.25. The molecule has 2 heterocycles. The molecule has 0 radical (unpaired) electrons. The molecule has 3 rings (SSSR count). The summed E-state index contributed by atoms with van der Waals surface area (Å²) in [7, 11) is 0. The Bertz CT molecular complexity index is 646. The van der Waals surface area contributed by atoms with E-state index in [0.717, 1.165) is 31.4 Å². The zero-order valence-electron chi connectivity index (χ0n) is 11.0. The van der Waals surface area contributed by atoms with Crippen molar-refractivity contribution in [1.29, 1.82) is 0 Å². The Balaban J connectivity index is 2.13. The van der Waals surface area contributed by atoms with Crippen LogP contribution in [0.25, 0.3) is 11.0 Å². The van der Waals surface area contributed by atoms with Gasteiger partial charge in [-0.05, 0) is 44.0 Å². The fraction of sp³-hybridized carbons (Fsp3) is 0.500. The number of aromatic nitrogens is 2. The van der Waals surface area contributed by atoms with Crippen molar-refractivity contribution in [3.05, 3.63) is 34.5 Å². The molecule has 0 saturated carbocycles. The molecule has 0 amide bonds. The molecule has 0 aliphatic carbocycles. The summed E-state index contributed by atoms with van der Waals surface area (Å²) in [4.78, 5) is 17.2. The lowest BCUT2D eigenvalue weighted by atomic mass is 10.1. The van der Waals surface area contributed by atoms with Crippen molar-refractivity contribution >= 4 is 11.0 Å². The molecule has 0 bridgehead atoms. The summed E-state index contributed by atoms with van der Waals surface area (Å²) in [6.07, 6.45) is 3.36. The lowest BCUT2D eigenvalue weighted by molar-refractivity contribution is 0.103. The molecule has 1 aliphatic rings. The predicted octanol–water partition coefficient (Wildman–Crippen LogP) is 2.47. The number of rotatable bonds is 2. The van der Waals surface area contributed by atoms with Gasteiger partial charge in [-0.2, -0.15) is 0 Å². The van der Waals surface area contributed by atoms with Gasteiger partial charge in [0.2, 0.25) is 0 Å². The Morgan fingerprint density at radius 3 is 3.05 bits per heavy atom. The molecule has 0 spiro atoms. The van der Waals surface area contributed by atoms with Crippen LogP contribution in [0.4, 0.5) is 4.39 Å². The number of nitrogens with zero attached hydrogens (tertiary/aromatic N) is 2. The van der Waals surface area contributed by atoms with Crippen LogP contribution in [0, 0.1) is 5.82 Å². The van der Waals surface area contributed by atoms with Crippen LogP contribution < -0.4 is 5.69 Å². The number of fused-ring (bicyclic) bond motifs is 1. The minimum atomic E-state index is -0.322. The largest absolute Gasteiger partial charge is 0.327 e. The number of hydrogen-bond donors (Lipinski definition) is 1. The molecule has 1 aromatic heterocycles. The zero-order chi connectivity index (χ0) is 13.4. The maximum atomic E-state index is 13.2. The zero-order valence-corrected chi connectivity index (χ0v) is 11.0. The van der Waals surface area contributed by atoms with Crippen LogP contribution in [0.5, 0.6) is 0 Å². The van der Waals surface area contributed by atoms with Gasteiger partial charge in [-0.15, -0.1) is 0 Å². The van der Waals surface area contributed by atoms with Crippen LogP contribution in [0.2, 0.25) is 0 Å². The van der Waals surface area contributed by atoms with E-state index in [-0.39, 0.29) is 17.7 Å². The van der Waals surface area contributed by atoms with Crippen molar-refractivity contribution in [2.45, 2.75) is 32.4 Å². The van der Waals surface area contributed by atoms with E-state index >= 15 is 0 Å². The summed E-state index contributed by atoms with van der Waals surface area (Å²) >= 11 is 0. The Hall–Kier alpha value is -1.62. The van der Waals surface area contributed by atoms with E-state index in [0.29, 0.717) is 5.52 Å². The molecule has 19 heavy (non-hydrogen) atoms. The Labute approximate surface area is 110 Å². The molecular weight excluding hydrogens is 245 g/mol. The van der Waals surface area contributed by atoms with Crippen LogP contribution in [-0.2, 0) is 0 Å². The molecule has 1 unspecified atom stereocenters. The highest BCUT2D eigenvalue weighted by molar-refractivity contribution is 5.75. The summed E-state index contributed by atoms with van der Waals surface area (Å²) < 4.78 is 15.0. The van der Waals surface area contributed by atoms with Crippen molar-refractivity contribution in [3.8, 4) is 0 Å². The summed E-state index contributed by atoms with van der Waals surface area (Å²) in [5, 5.41) is 0. The number of halogens is 1. The molecule has 1 atom stereocenters. The quantitative estimate of drug-likeness (QED) is 0.904. The van der Waals surface area contributed by atoms with Crippen molar-refractivity contribution in [2.24, 2.45) is 0 Å². The van der Waals surface area contributed by atoms with Gasteiger partial charge in [0.1, 0.15) is 5.82 Å². The molecule has 5 heteroatoms. The van der Waals surface area contributed by atoms with Crippen molar-refractivity contribution < 1.29 is 4.39 Å². The number of nitrogens with one attached hydrogen (secondary N) is 1. The van der Waals surface area contributed by atoms with E-state index in [1.54, 1.807) is 10.6 Å². The van der Waals surface area contributed by atoms with E-state index in [9.17, 15) is 9.18 Å². The Morgan fingerprint density at radius 2 is 2.26 bits per heavy atom. The minimum absolute atomic E-state index is 0.0884. The van der Waals surface area contributed by atoms with Gasteiger partial charge in [0.15, 0.2) is 0 Å². The van der Waals surface area contributed by atoms with E-state index in [1.807, 2.05) is 0 Å². The second-order valence-corrected chi connectivity index (χ2v) is 5.07. The Kier molecular flexibility index (Phi) is 3.14. The molecule has 1 aliphatic heterocycles. The SMILES string of the molecule is CCN1CCCCC1n1c(=O)[nH]c2cc(F)ccc21.